The maximum atomic E-state index is 12.4. The number of sulfonamides is 1. The maximum Gasteiger partial charge on any atom is 0.252 e. The maximum absolute atomic E-state index is 12.4. The van der Waals surface area contributed by atoms with Crippen LogP contribution in [0.15, 0.2) is 52.1 Å². The standard InChI is InChI=1S/C18H19BrN4O4S/c19-16-6-5-14(28(26,27)23-12-3-4-12)10-15(16)18(25)21-9-7-17(24)22-13-2-1-8-20-11-13/h1-2,5-6,8,10-12,23H,3-4,7,9H2,(H,21,25)(H,22,24). The first-order valence-corrected chi connectivity index (χ1v) is 10.9. The fraction of sp³-hybridized carbons (Fsp3) is 0.278. The minimum absolute atomic E-state index is 0.0238. The van der Waals surface area contributed by atoms with Crippen molar-refractivity contribution in [1.82, 2.24) is 15.0 Å². The number of anilines is 1. The Kier molecular flexibility index (Phi) is 6.42. The largest absolute Gasteiger partial charge is 0.351 e. The SMILES string of the molecule is O=C(CCNC(=O)c1cc(S(=O)(=O)NC2CC2)ccc1Br)Nc1cccnc1. The van der Waals surface area contributed by atoms with Gasteiger partial charge in [-0.15, -0.1) is 0 Å². The van der Waals surface area contributed by atoms with Gasteiger partial charge in [-0.05, 0) is 59.1 Å². The number of rotatable bonds is 8. The summed E-state index contributed by atoms with van der Waals surface area (Å²) in [6.45, 7) is 0.106. The highest BCUT2D eigenvalue weighted by molar-refractivity contribution is 9.10. The lowest BCUT2D eigenvalue weighted by Gasteiger charge is -2.10. The Morgan fingerprint density at radius 2 is 2.00 bits per heavy atom. The summed E-state index contributed by atoms with van der Waals surface area (Å²) in [6, 6.07) is 7.67. The van der Waals surface area contributed by atoms with Crippen LogP contribution in [-0.4, -0.2) is 37.8 Å². The number of amides is 2. The topological polar surface area (TPSA) is 117 Å². The second-order valence-electron chi connectivity index (χ2n) is 6.33. The van der Waals surface area contributed by atoms with Crippen molar-refractivity contribution in [3.8, 4) is 0 Å². The molecule has 0 radical (unpaired) electrons. The van der Waals surface area contributed by atoms with Crippen molar-refractivity contribution in [3.05, 3.63) is 52.8 Å². The third-order valence-corrected chi connectivity index (χ3v) is 6.18. The highest BCUT2D eigenvalue weighted by atomic mass is 79.9. The van der Waals surface area contributed by atoms with E-state index in [1.807, 2.05) is 0 Å². The molecule has 0 bridgehead atoms. The number of halogens is 1. The van der Waals surface area contributed by atoms with Crippen LogP contribution in [0.5, 0.6) is 0 Å². The second-order valence-corrected chi connectivity index (χ2v) is 8.90. The minimum atomic E-state index is -3.66. The van der Waals surface area contributed by atoms with Crippen molar-refractivity contribution in [2.24, 2.45) is 0 Å². The van der Waals surface area contributed by atoms with Gasteiger partial charge in [-0.2, -0.15) is 0 Å². The van der Waals surface area contributed by atoms with Crippen molar-refractivity contribution < 1.29 is 18.0 Å². The van der Waals surface area contributed by atoms with Crippen LogP contribution in [0.4, 0.5) is 5.69 Å². The number of pyridine rings is 1. The van der Waals surface area contributed by atoms with Gasteiger partial charge in [0.05, 0.1) is 22.3 Å². The van der Waals surface area contributed by atoms with E-state index in [1.165, 1.54) is 24.4 Å². The number of carbonyl (C=O) groups excluding carboxylic acids is 2. The van der Waals surface area contributed by atoms with Crippen molar-refractivity contribution in [3.63, 3.8) is 0 Å². The number of nitrogens with one attached hydrogen (secondary N) is 3. The first kappa shape index (κ1) is 20.4. The lowest BCUT2D eigenvalue weighted by molar-refractivity contribution is -0.116. The highest BCUT2D eigenvalue weighted by Crippen LogP contribution is 2.25. The number of nitrogens with zero attached hydrogens (tertiary/aromatic N) is 1. The summed E-state index contributed by atoms with van der Waals surface area (Å²) in [4.78, 5) is 28.3. The normalized spacial score (nSPS) is 13.8. The Hall–Kier alpha value is -2.30. The number of benzene rings is 1. The third kappa shape index (κ3) is 5.60. The summed E-state index contributed by atoms with van der Waals surface area (Å²) in [5, 5.41) is 5.30. The van der Waals surface area contributed by atoms with E-state index in [4.69, 9.17) is 0 Å². The quantitative estimate of drug-likeness (QED) is 0.550. The first-order chi connectivity index (χ1) is 13.3. The molecule has 28 heavy (non-hydrogen) atoms. The Morgan fingerprint density at radius 1 is 1.21 bits per heavy atom. The molecular formula is C18H19BrN4O4S. The Balaban J connectivity index is 1.57. The van der Waals surface area contributed by atoms with E-state index < -0.39 is 15.9 Å². The van der Waals surface area contributed by atoms with Crippen LogP contribution in [0.25, 0.3) is 0 Å². The molecule has 3 rings (SSSR count). The zero-order chi connectivity index (χ0) is 20.1. The summed E-state index contributed by atoms with van der Waals surface area (Å²) in [5.74, 6) is -0.734. The smallest absolute Gasteiger partial charge is 0.252 e. The molecule has 10 heteroatoms. The van der Waals surface area contributed by atoms with Gasteiger partial charge in [-0.3, -0.25) is 14.6 Å². The molecule has 1 aromatic carbocycles. The van der Waals surface area contributed by atoms with Gasteiger partial charge in [0.1, 0.15) is 0 Å². The summed E-state index contributed by atoms with van der Waals surface area (Å²) in [6.07, 6.45) is 4.84. The molecule has 0 atom stereocenters. The van der Waals surface area contributed by atoms with E-state index in [1.54, 1.807) is 18.3 Å². The summed E-state index contributed by atoms with van der Waals surface area (Å²) in [5.41, 5.74) is 0.758. The Morgan fingerprint density at radius 3 is 2.68 bits per heavy atom. The predicted octanol–water partition coefficient (Wildman–Crippen LogP) is 2.04. The van der Waals surface area contributed by atoms with Crippen molar-refractivity contribution >= 4 is 43.5 Å². The molecule has 1 heterocycles. The average Bonchev–Trinajstić information content (AvgIpc) is 3.46. The molecule has 2 aromatic rings. The van der Waals surface area contributed by atoms with Crippen LogP contribution < -0.4 is 15.4 Å². The Bertz CT molecular complexity index is 978. The molecule has 0 spiro atoms. The number of hydrogen-bond donors (Lipinski definition) is 3. The number of hydrogen-bond acceptors (Lipinski definition) is 5. The van der Waals surface area contributed by atoms with Gasteiger partial charge >= 0.3 is 0 Å². The van der Waals surface area contributed by atoms with E-state index in [-0.39, 0.29) is 35.4 Å². The van der Waals surface area contributed by atoms with Gasteiger partial charge in [0, 0.05) is 29.7 Å². The molecule has 1 aliphatic rings. The highest BCUT2D eigenvalue weighted by Gasteiger charge is 2.28. The van der Waals surface area contributed by atoms with Gasteiger partial charge in [-0.1, -0.05) is 0 Å². The van der Waals surface area contributed by atoms with Crippen molar-refractivity contribution in [1.29, 1.82) is 0 Å². The van der Waals surface area contributed by atoms with Gasteiger partial charge in [0.2, 0.25) is 15.9 Å². The third-order valence-electron chi connectivity index (χ3n) is 3.97. The predicted molar refractivity (Wildman–Crippen MR) is 107 cm³/mol. The molecule has 2 amide bonds. The fourth-order valence-electron chi connectivity index (χ4n) is 2.38. The van der Waals surface area contributed by atoms with Crippen LogP contribution in [0.2, 0.25) is 0 Å². The molecule has 0 aliphatic heterocycles. The average molecular weight is 467 g/mol. The van der Waals surface area contributed by atoms with Gasteiger partial charge < -0.3 is 10.6 Å². The zero-order valence-corrected chi connectivity index (χ0v) is 17.2. The van der Waals surface area contributed by atoms with E-state index in [0.29, 0.717) is 10.2 Å². The van der Waals surface area contributed by atoms with E-state index >= 15 is 0 Å². The Labute approximate surface area is 171 Å². The molecular weight excluding hydrogens is 448 g/mol. The monoisotopic (exact) mass is 466 g/mol. The molecule has 1 aliphatic carbocycles. The van der Waals surface area contributed by atoms with Gasteiger partial charge in [0.15, 0.2) is 0 Å². The van der Waals surface area contributed by atoms with Crippen LogP contribution in [0.3, 0.4) is 0 Å². The van der Waals surface area contributed by atoms with Crippen LogP contribution in [-0.2, 0) is 14.8 Å². The molecule has 8 nitrogen and oxygen atoms in total. The molecule has 1 fully saturated rings. The molecule has 1 aromatic heterocycles. The summed E-state index contributed by atoms with van der Waals surface area (Å²) >= 11 is 3.26. The van der Waals surface area contributed by atoms with Crippen LogP contribution in [0, 0.1) is 0 Å². The molecule has 1 saturated carbocycles. The van der Waals surface area contributed by atoms with Crippen molar-refractivity contribution in [2.45, 2.75) is 30.2 Å². The van der Waals surface area contributed by atoms with Crippen LogP contribution >= 0.6 is 15.9 Å². The molecule has 3 N–H and O–H groups in total. The molecule has 148 valence electrons. The number of carbonyl (C=O) groups is 2. The van der Waals surface area contributed by atoms with Gasteiger partial charge in [0.25, 0.3) is 5.91 Å². The van der Waals surface area contributed by atoms with Gasteiger partial charge in [-0.25, -0.2) is 13.1 Å². The van der Waals surface area contributed by atoms with E-state index in [9.17, 15) is 18.0 Å². The fourth-order valence-corrected chi connectivity index (χ4v) is 4.14. The minimum Gasteiger partial charge on any atom is -0.351 e. The van der Waals surface area contributed by atoms with E-state index in [0.717, 1.165) is 12.8 Å². The van der Waals surface area contributed by atoms with Crippen LogP contribution in [0.1, 0.15) is 29.6 Å². The van der Waals surface area contributed by atoms with E-state index in [2.05, 4.69) is 36.3 Å². The molecule has 0 unspecified atom stereocenters. The molecule has 0 saturated heterocycles. The lowest BCUT2D eigenvalue weighted by Crippen LogP contribution is -2.29. The second kappa shape index (κ2) is 8.80. The first-order valence-electron chi connectivity index (χ1n) is 8.65. The van der Waals surface area contributed by atoms with Crippen molar-refractivity contribution in [2.75, 3.05) is 11.9 Å². The number of aromatic nitrogens is 1. The summed E-state index contributed by atoms with van der Waals surface area (Å²) in [7, 11) is -3.66. The summed E-state index contributed by atoms with van der Waals surface area (Å²) < 4.78 is 27.7. The lowest BCUT2D eigenvalue weighted by atomic mass is 10.2. The zero-order valence-electron chi connectivity index (χ0n) is 14.8.